The van der Waals surface area contributed by atoms with E-state index in [0.717, 1.165) is 16.7 Å². The summed E-state index contributed by atoms with van der Waals surface area (Å²) >= 11 is 12.0. The average Bonchev–Trinajstić information content (AvgIpc) is 3.17. The number of anilines is 2. The first kappa shape index (κ1) is 21.4. The van der Waals surface area contributed by atoms with Crippen LogP contribution in [-0.4, -0.2) is 28.7 Å². The van der Waals surface area contributed by atoms with Crippen LogP contribution in [0.3, 0.4) is 0 Å². The third-order valence-corrected chi connectivity index (χ3v) is 5.41. The molecular weight excluding hydrogens is 439 g/mol. The predicted molar refractivity (Wildman–Crippen MR) is 120 cm³/mol. The van der Waals surface area contributed by atoms with Crippen molar-refractivity contribution in [3.63, 3.8) is 0 Å². The van der Waals surface area contributed by atoms with Crippen molar-refractivity contribution in [3.8, 4) is 11.1 Å². The Bertz CT molecular complexity index is 1140. The monoisotopic (exact) mass is 458 g/mol. The van der Waals surface area contributed by atoms with E-state index >= 15 is 0 Å². The third-order valence-electron chi connectivity index (χ3n) is 4.97. The van der Waals surface area contributed by atoms with Crippen LogP contribution in [0, 0.1) is 6.92 Å². The minimum atomic E-state index is -0.778. The highest BCUT2D eigenvalue weighted by Gasteiger charge is 2.37. The molecule has 3 aromatic rings. The maximum atomic E-state index is 12.7. The van der Waals surface area contributed by atoms with Gasteiger partial charge < -0.3 is 15.4 Å². The lowest BCUT2D eigenvalue weighted by Crippen LogP contribution is -2.24. The Morgan fingerprint density at radius 3 is 2.52 bits per heavy atom. The van der Waals surface area contributed by atoms with Gasteiger partial charge in [-0.1, -0.05) is 53.0 Å². The summed E-state index contributed by atoms with van der Waals surface area (Å²) in [6.07, 6.45) is -0.0929. The summed E-state index contributed by atoms with van der Waals surface area (Å²) < 4.78 is 6.87. The number of hydrogen-bond donors (Lipinski definition) is 2. The summed E-state index contributed by atoms with van der Waals surface area (Å²) in [5.41, 5.74) is 3.98. The number of aromatic nitrogens is 2. The number of carbonyl (C=O) groups is 2. The van der Waals surface area contributed by atoms with Crippen LogP contribution in [0.25, 0.3) is 11.1 Å². The number of fused-ring (bicyclic) bond motifs is 1. The molecule has 2 amide bonds. The van der Waals surface area contributed by atoms with Gasteiger partial charge in [-0.2, -0.15) is 5.10 Å². The quantitative estimate of drug-likeness (QED) is 0.553. The van der Waals surface area contributed by atoms with Gasteiger partial charge in [-0.3, -0.25) is 9.59 Å². The summed E-state index contributed by atoms with van der Waals surface area (Å²) in [5.74, 6) is -0.0874. The first-order valence-electron chi connectivity index (χ1n) is 9.60. The molecule has 2 heterocycles. The Morgan fingerprint density at radius 1 is 1.19 bits per heavy atom. The minimum absolute atomic E-state index is 0.0929. The Morgan fingerprint density at radius 2 is 1.87 bits per heavy atom. The van der Waals surface area contributed by atoms with Gasteiger partial charge in [0.2, 0.25) is 5.91 Å². The first-order chi connectivity index (χ1) is 14.9. The summed E-state index contributed by atoms with van der Waals surface area (Å²) in [6, 6.07) is 11.9. The second-order valence-electron chi connectivity index (χ2n) is 7.33. The normalized spacial score (nSPS) is 15.0. The number of benzene rings is 2. The highest BCUT2D eigenvalue weighted by atomic mass is 35.5. The van der Waals surface area contributed by atoms with E-state index < -0.39 is 6.04 Å². The van der Waals surface area contributed by atoms with Crippen LogP contribution in [0.2, 0.25) is 10.0 Å². The SMILES string of the molecule is COCc1nn2c(c1-c1ccc(C)cc1)NC(=O)C2CC(=O)Nc1cc(Cl)cc(Cl)c1. The molecule has 1 unspecified atom stereocenters. The number of nitrogens with one attached hydrogen (secondary N) is 2. The number of aryl methyl sites for hydroxylation is 1. The van der Waals surface area contributed by atoms with Crippen LogP contribution >= 0.6 is 23.2 Å². The van der Waals surface area contributed by atoms with E-state index in [0.29, 0.717) is 27.2 Å². The fraction of sp³-hybridized carbons (Fsp3) is 0.227. The number of halogens is 2. The topological polar surface area (TPSA) is 85.2 Å². The van der Waals surface area contributed by atoms with Gasteiger partial charge in [-0.05, 0) is 30.7 Å². The van der Waals surface area contributed by atoms with Gasteiger partial charge in [-0.15, -0.1) is 0 Å². The number of ether oxygens (including phenoxy) is 1. The standard InChI is InChI=1S/C22H20Cl2N4O3/c1-12-3-5-13(6-4-12)20-17(11-31-2)27-28-18(22(30)26-21(20)28)10-19(29)25-16-8-14(23)7-15(24)9-16/h3-9,18H,10-11H2,1-2H3,(H,25,29)(H,26,30). The van der Waals surface area contributed by atoms with Crippen LogP contribution in [-0.2, 0) is 20.9 Å². The van der Waals surface area contributed by atoms with Gasteiger partial charge in [0.1, 0.15) is 11.9 Å². The zero-order chi connectivity index (χ0) is 22.1. The molecule has 0 fully saturated rings. The molecule has 4 rings (SSSR count). The number of rotatable bonds is 6. The van der Waals surface area contributed by atoms with Gasteiger partial charge in [0.25, 0.3) is 5.91 Å². The molecule has 160 valence electrons. The minimum Gasteiger partial charge on any atom is -0.378 e. The molecule has 0 radical (unpaired) electrons. The number of nitrogens with zero attached hydrogens (tertiary/aromatic N) is 2. The van der Waals surface area contributed by atoms with Crippen LogP contribution in [0.15, 0.2) is 42.5 Å². The summed E-state index contributed by atoms with van der Waals surface area (Å²) in [5, 5.41) is 11.0. The number of carbonyl (C=O) groups excluding carboxylic acids is 2. The van der Waals surface area contributed by atoms with Gasteiger partial charge in [0.15, 0.2) is 0 Å². The van der Waals surface area contributed by atoms with Crippen LogP contribution in [0.4, 0.5) is 11.5 Å². The van der Waals surface area contributed by atoms with Crippen molar-refractivity contribution in [3.05, 3.63) is 63.8 Å². The van der Waals surface area contributed by atoms with Crippen molar-refractivity contribution in [2.75, 3.05) is 17.7 Å². The van der Waals surface area contributed by atoms with E-state index in [9.17, 15) is 9.59 Å². The number of methoxy groups -OCH3 is 1. The second-order valence-corrected chi connectivity index (χ2v) is 8.20. The van der Waals surface area contributed by atoms with Gasteiger partial charge in [0, 0.05) is 28.4 Å². The molecule has 2 N–H and O–H groups in total. The Hall–Kier alpha value is -2.87. The highest BCUT2D eigenvalue weighted by Crippen LogP contribution is 2.39. The fourth-order valence-corrected chi connectivity index (χ4v) is 4.12. The number of hydrogen-bond acceptors (Lipinski definition) is 4. The summed E-state index contributed by atoms with van der Waals surface area (Å²) in [6.45, 7) is 2.28. The lowest BCUT2D eigenvalue weighted by Gasteiger charge is -2.11. The van der Waals surface area contributed by atoms with Gasteiger partial charge >= 0.3 is 0 Å². The zero-order valence-corrected chi connectivity index (χ0v) is 18.4. The highest BCUT2D eigenvalue weighted by molar-refractivity contribution is 6.35. The van der Waals surface area contributed by atoms with Crippen molar-refractivity contribution >= 4 is 46.5 Å². The molecule has 31 heavy (non-hydrogen) atoms. The molecule has 0 saturated heterocycles. The molecule has 0 aliphatic carbocycles. The van der Waals surface area contributed by atoms with Crippen LogP contribution in [0.5, 0.6) is 0 Å². The zero-order valence-electron chi connectivity index (χ0n) is 16.9. The van der Waals surface area contributed by atoms with Crippen molar-refractivity contribution in [2.24, 2.45) is 0 Å². The molecule has 1 atom stereocenters. The average molecular weight is 459 g/mol. The smallest absolute Gasteiger partial charge is 0.251 e. The number of amides is 2. The van der Waals surface area contributed by atoms with E-state index in [-0.39, 0.29) is 24.8 Å². The largest absolute Gasteiger partial charge is 0.378 e. The third kappa shape index (κ3) is 4.44. The Labute approximate surface area is 189 Å². The van der Waals surface area contributed by atoms with E-state index in [1.165, 1.54) is 0 Å². The molecule has 1 aliphatic rings. The van der Waals surface area contributed by atoms with E-state index in [1.54, 1.807) is 30.0 Å². The van der Waals surface area contributed by atoms with Crippen LogP contribution in [0.1, 0.15) is 23.7 Å². The maximum absolute atomic E-state index is 12.7. The van der Waals surface area contributed by atoms with Gasteiger partial charge in [-0.25, -0.2) is 4.68 Å². The second kappa shape index (κ2) is 8.70. The Kier molecular flexibility index (Phi) is 6.00. The van der Waals surface area contributed by atoms with E-state index in [1.807, 2.05) is 31.2 Å². The van der Waals surface area contributed by atoms with Crippen LogP contribution < -0.4 is 10.6 Å². The first-order valence-corrected chi connectivity index (χ1v) is 10.4. The lowest BCUT2D eigenvalue weighted by atomic mass is 10.0. The van der Waals surface area contributed by atoms with Crippen molar-refractivity contribution in [2.45, 2.75) is 26.0 Å². The molecule has 0 bridgehead atoms. The molecule has 7 nitrogen and oxygen atoms in total. The Balaban J connectivity index is 1.62. The molecule has 9 heteroatoms. The molecule has 1 aliphatic heterocycles. The molecule has 0 saturated carbocycles. The summed E-state index contributed by atoms with van der Waals surface area (Å²) in [4.78, 5) is 25.3. The molecule has 1 aromatic heterocycles. The molecule has 0 spiro atoms. The van der Waals surface area contributed by atoms with Crippen molar-refractivity contribution < 1.29 is 14.3 Å². The van der Waals surface area contributed by atoms with Crippen molar-refractivity contribution in [1.82, 2.24) is 9.78 Å². The molecular formula is C22H20Cl2N4O3. The maximum Gasteiger partial charge on any atom is 0.251 e. The molecule has 2 aromatic carbocycles. The summed E-state index contributed by atoms with van der Waals surface area (Å²) in [7, 11) is 1.59. The van der Waals surface area contributed by atoms with E-state index in [2.05, 4.69) is 15.7 Å². The predicted octanol–water partition coefficient (Wildman–Crippen LogP) is 4.83. The van der Waals surface area contributed by atoms with E-state index in [4.69, 9.17) is 27.9 Å². The lowest BCUT2D eigenvalue weighted by molar-refractivity contribution is -0.123. The van der Waals surface area contributed by atoms with Crippen molar-refractivity contribution in [1.29, 1.82) is 0 Å². The van der Waals surface area contributed by atoms with Gasteiger partial charge in [0.05, 0.1) is 18.7 Å². The fourth-order valence-electron chi connectivity index (χ4n) is 3.59.